The van der Waals surface area contributed by atoms with Gasteiger partial charge in [0.2, 0.25) is 17.7 Å². The lowest BCUT2D eigenvalue weighted by Crippen LogP contribution is -2.46. The normalized spacial score (nSPS) is 24.2. The number of hydrogen-bond acceptors (Lipinski definition) is 10. The third kappa shape index (κ3) is 3.61. The van der Waals surface area contributed by atoms with Gasteiger partial charge in [-0.15, -0.1) is 0 Å². The van der Waals surface area contributed by atoms with Gasteiger partial charge in [-0.1, -0.05) is 51.1 Å². The number of hydrogen-bond donors (Lipinski definition) is 3. The zero-order valence-electron chi connectivity index (χ0n) is 23.0. The van der Waals surface area contributed by atoms with Crippen molar-refractivity contribution in [1.82, 2.24) is 15.3 Å². The first-order chi connectivity index (χ1) is 19.6. The number of benzene rings is 2. The van der Waals surface area contributed by atoms with Gasteiger partial charge in [-0.2, -0.15) is 0 Å². The Labute approximate surface area is 235 Å². The van der Waals surface area contributed by atoms with Crippen LogP contribution in [0.25, 0.3) is 11.6 Å². The van der Waals surface area contributed by atoms with Gasteiger partial charge in [-0.3, -0.25) is 4.79 Å². The Morgan fingerprint density at radius 1 is 1.12 bits per heavy atom. The molecule has 5 heterocycles. The standard InChI is InChI=1S/C30H29N5O6/c1-29(2,3)22-26-34-21(25-32-19(13-39-25)27(37)38-4)23(41-26)30-15-7-5-6-8-18(15)33-28(30)40-20-10-9-14(11-16(20)30)12-17(31)24(36)35-22/h5-11,13,17,22,28,33H,12,31H2,1-4H3,(H,35,36)/t17?,22?,28-,30?/m1/s1. The van der Waals surface area contributed by atoms with Gasteiger partial charge in [0.25, 0.3) is 0 Å². The number of rotatable bonds is 2. The van der Waals surface area contributed by atoms with Crippen LogP contribution in [0.1, 0.15) is 65.6 Å². The number of nitrogens with one attached hydrogen (secondary N) is 2. The molecule has 210 valence electrons. The van der Waals surface area contributed by atoms with E-state index >= 15 is 0 Å². The second kappa shape index (κ2) is 8.68. The topological polar surface area (TPSA) is 155 Å². The first-order valence-electron chi connectivity index (χ1n) is 13.4. The number of nitrogens with zero attached hydrogens (tertiary/aromatic N) is 2. The number of anilines is 1. The first-order valence-corrected chi connectivity index (χ1v) is 13.4. The molecular weight excluding hydrogens is 526 g/mol. The largest absolute Gasteiger partial charge is 0.469 e. The summed E-state index contributed by atoms with van der Waals surface area (Å²) in [5.74, 6) is 0.431. The number of methoxy groups -OCH3 is 1. The number of amides is 1. The summed E-state index contributed by atoms with van der Waals surface area (Å²) >= 11 is 0. The van der Waals surface area contributed by atoms with Gasteiger partial charge in [-0.05, 0) is 35.1 Å². The lowest BCUT2D eigenvalue weighted by atomic mass is 9.72. The van der Waals surface area contributed by atoms with Crippen LogP contribution >= 0.6 is 0 Å². The predicted octanol–water partition coefficient (Wildman–Crippen LogP) is 3.68. The smallest absolute Gasteiger partial charge is 0.360 e. The van der Waals surface area contributed by atoms with Crippen LogP contribution in [-0.4, -0.2) is 41.2 Å². The molecule has 11 heteroatoms. The van der Waals surface area contributed by atoms with Crippen molar-refractivity contribution < 1.29 is 27.9 Å². The van der Waals surface area contributed by atoms with Gasteiger partial charge < -0.3 is 34.7 Å². The molecule has 4 N–H and O–H groups in total. The molecule has 2 aromatic carbocycles. The molecule has 0 radical (unpaired) electrons. The van der Waals surface area contributed by atoms with E-state index in [-0.39, 0.29) is 29.1 Å². The molecule has 0 fully saturated rings. The molecule has 4 atom stereocenters. The summed E-state index contributed by atoms with van der Waals surface area (Å²) in [5, 5.41) is 6.58. The fraction of sp³-hybridized carbons (Fsp3) is 0.333. The predicted molar refractivity (Wildman–Crippen MR) is 146 cm³/mol. The third-order valence-corrected chi connectivity index (χ3v) is 8.04. The minimum absolute atomic E-state index is 0.00748. The molecule has 4 bridgehead atoms. The van der Waals surface area contributed by atoms with E-state index in [1.165, 1.54) is 13.4 Å². The summed E-state index contributed by atoms with van der Waals surface area (Å²) in [6, 6.07) is 12.3. The van der Waals surface area contributed by atoms with Gasteiger partial charge in [0.05, 0.1) is 13.2 Å². The first kappa shape index (κ1) is 25.3. The molecule has 3 unspecified atom stereocenters. The highest BCUT2D eigenvalue weighted by Crippen LogP contribution is 2.59. The van der Waals surface area contributed by atoms with Crippen molar-refractivity contribution in [2.75, 3.05) is 12.4 Å². The van der Waals surface area contributed by atoms with Crippen LogP contribution in [0.4, 0.5) is 5.69 Å². The van der Waals surface area contributed by atoms with Crippen LogP contribution in [0.15, 0.2) is 57.6 Å². The SMILES string of the molecule is COC(=O)c1coc(-c2nc3oc2C24c5ccccc5N[C@@H]2Oc2ccc(cc24)CC(N)C(=O)NC3C(C)(C)C)n1. The molecule has 1 amide bonds. The van der Waals surface area contributed by atoms with Crippen molar-refractivity contribution in [3.63, 3.8) is 0 Å². The zero-order valence-corrected chi connectivity index (χ0v) is 23.0. The van der Waals surface area contributed by atoms with Crippen molar-refractivity contribution in [2.45, 2.75) is 50.9 Å². The number of para-hydroxylation sites is 1. The van der Waals surface area contributed by atoms with E-state index in [1.807, 2.05) is 63.2 Å². The maximum absolute atomic E-state index is 13.3. The summed E-state index contributed by atoms with van der Waals surface area (Å²) < 4.78 is 23.9. The maximum atomic E-state index is 13.3. The van der Waals surface area contributed by atoms with Gasteiger partial charge in [0, 0.05) is 11.3 Å². The van der Waals surface area contributed by atoms with Crippen molar-refractivity contribution in [1.29, 1.82) is 0 Å². The molecule has 7 rings (SSSR count). The minimum Gasteiger partial charge on any atom is -0.469 e. The highest BCUT2D eigenvalue weighted by Gasteiger charge is 2.61. The molecule has 11 nitrogen and oxygen atoms in total. The average molecular weight is 556 g/mol. The molecule has 0 saturated carbocycles. The summed E-state index contributed by atoms with van der Waals surface area (Å²) in [4.78, 5) is 34.9. The molecule has 3 aliphatic heterocycles. The fourth-order valence-corrected chi connectivity index (χ4v) is 6.05. The van der Waals surface area contributed by atoms with Crippen molar-refractivity contribution in [3.05, 3.63) is 82.8 Å². The fourth-order valence-electron chi connectivity index (χ4n) is 6.05. The van der Waals surface area contributed by atoms with E-state index in [0.29, 0.717) is 17.9 Å². The Morgan fingerprint density at radius 3 is 2.71 bits per heavy atom. The van der Waals surface area contributed by atoms with E-state index < -0.39 is 35.1 Å². The Kier molecular flexibility index (Phi) is 5.36. The molecule has 0 saturated heterocycles. The lowest BCUT2D eigenvalue weighted by Gasteiger charge is -2.31. The molecule has 4 aromatic rings. The van der Waals surface area contributed by atoms with E-state index in [9.17, 15) is 9.59 Å². The van der Waals surface area contributed by atoms with E-state index in [0.717, 1.165) is 22.4 Å². The molecule has 0 aliphatic carbocycles. The average Bonchev–Trinajstić information content (AvgIpc) is 3.70. The van der Waals surface area contributed by atoms with Gasteiger partial charge in [0.1, 0.15) is 23.5 Å². The maximum Gasteiger partial charge on any atom is 0.360 e. The number of esters is 1. The second-order valence-corrected chi connectivity index (χ2v) is 11.7. The van der Waals surface area contributed by atoms with E-state index in [1.54, 1.807) is 0 Å². The molecule has 2 aromatic heterocycles. The van der Waals surface area contributed by atoms with Crippen LogP contribution in [-0.2, 0) is 21.4 Å². The highest BCUT2D eigenvalue weighted by molar-refractivity contribution is 5.87. The number of carbonyl (C=O) groups is 2. The number of fused-ring (bicyclic) bond motifs is 4. The summed E-state index contributed by atoms with van der Waals surface area (Å²) in [6.45, 7) is 5.94. The minimum atomic E-state index is -1.00. The van der Waals surface area contributed by atoms with Gasteiger partial charge in [-0.25, -0.2) is 14.8 Å². The molecule has 41 heavy (non-hydrogen) atoms. The van der Waals surface area contributed by atoms with Crippen LogP contribution < -0.4 is 21.1 Å². The van der Waals surface area contributed by atoms with Crippen molar-refractivity contribution >= 4 is 17.6 Å². The molecular formula is C30H29N5O6. The number of aromatic nitrogens is 2. The van der Waals surface area contributed by atoms with Crippen LogP contribution in [0.5, 0.6) is 5.75 Å². The number of carbonyl (C=O) groups excluding carboxylic acids is 2. The number of ether oxygens (including phenoxy) is 2. The van der Waals surface area contributed by atoms with Crippen molar-refractivity contribution in [2.24, 2.45) is 11.1 Å². The third-order valence-electron chi connectivity index (χ3n) is 8.04. The van der Waals surface area contributed by atoms with Crippen LogP contribution in [0, 0.1) is 5.41 Å². The monoisotopic (exact) mass is 555 g/mol. The van der Waals surface area contributed by atoms with Gasteiger partial charge >= 0.3 is 5.97 Å². The van der Waals surface area contributed by atoms with Gasteiger partial charge in [0.15, 0.2) is 23.4 Å². The Balaban J connectivity index is 1.57. The van der Waals surface area contributed by atoms with E-state index in [2.05, 4.69) is 15.6 Å². The Bertz CT molecular complexity index is 1720. The Hall–Kier alpha value is -4.64. The number of nitrogens with two attached hydrogens (primary N) is 1. The zero-order chi connectivity index (χ0) is 28.7. The van der Waals surface area contributed by atoms with Crippen molar-refractivity contribution in [3.8, 4) is 17.3 Å². The lowest BCUT2D eigenvalue weighted by molar-refractivity contribution is -0.124. The second-order valence-electron chi connectivity index (χ2n) is 11.7. The summed E-state index contributed by atoms with van der Waals surface area (Å²) in [5.41, 5.74) is 8.69. The quantitative estimate of drug-likeness (QED) is 0.312. The summed E-state index contributed by atoms with van der Waals surface area (Å²) in [6.07, 6.45) is 0.967. The highest BCUT2D eigenvalue weighted by atomic mass is 16.5. The van der Waals surface area contributed by atoms with Crippen LogP contribution in [0.2, 0.25) is 0 Å². The molecule has 3 aliphatic rings. The molecule has 1 spiro atoms. The number of oxazole rings is 2. The van der Waals surface area contributed by atoms with Crippen LogP contribution in [0.3, 0.4) is 0 Å². The van der Waals surface area contributed by atoms with E-state index in [4.69, 9.17) is 29.0 Å². The summed E-state index contributed by atoms with van der Waals surface area (Å²) in [7, 11) is 1.27. The Morgan fingerprint density at radius 2 is 1.93 bits per heavy atom.